The van der Waals surface area contributed by atoms with Crippen molar-refractivity contribution in [3.05, 3.63) is 126 Å². The minimum Gasteiger partial charge on any atom is -0.385 e. The quantitative estimate of drug-likeness (QED) is 0.0240. The van der Waals surface area contributed by atoms with Crippen LogP contribution in [0, 0.1) is 0 Å². The van der Waals surface area contributed by atoms with E-state index in [4.69, 9.17) is 10.5 Å². The molecule has 3 aliphatic heterocycles. The minimum atomic E-state index is -1.10. The molecule has 4 unspecified atom stereocenters. The third-order valence-electron chi connectivity index (χ3n) is 16.2. The number of anilines is 2. The van der Waals surface area contributed by atoms with Crippen LogP contribution in [0.3, 0.4) is 0 Å². The number of aldehydes is 1. The predicted octanol–water partition coefficient (Wildman–Crippen LogP) is 12.6. The van der Waals surface area contributed by atoms with Crippen LogP contribution in [0.15, 0.2) is 98.5 Å². The first kappa shape index (κ1) is 57.3. The molecule has 7 rings (SSSR count). The van der Waals surface area contributed by atoms with Crippen LogP contribution in [-0.2, 0) is 21.4 Å². The first-order valence-corrected chi connectivity index (χ1v) is 28.9. The lowest BCUT2D eigenvalue weighted by molar-refractivity contribution is -0.134. The second kappa shape index (κ2) is 28.1. The van der Waals surface area contributed by atoms with E-state index in [2.05, 4.69) is 81.7 Å². The molecule has 0 radical (unpaired) electrons. The summed E-state index contributed by atoms with van der Waals surface area (Å²) in [6, 6.07) is 14.5. The number of halogens is 1. The summed E-state index contributed by atoms with van der Waals surface area (Å²) in [6.45, 7) is 23.1. The van der Waals surface area contributed by atoms with E-state index >= 15 is 4.39 Å². The van der Waals surface area contributed by atoms with Crippen LogP contribution in [0.4, 0.5) is 15.9 Å². The molecule has 1 amide bonds. The Morgan fingerprint density at radius 1 is 0.973 bits per heavy atom. The molecule has 5 N–H and O–H groups in total. The number of carbonyl (C=O) groups excluding carboxylic acids is 2. The molecule has 5 atom stereocenters. The zero-order valence-corrected chi connectivity index (χ0v) is 46.4. The Hall–Kier alpha value is -5.37. The van der Waals surface area contributed by atoms with E-state index in [1.54, 1.807) is 18.1 Å². The van der Waals surface area contributed by atoms with E-state index in [9.17, 15) is 9.59 Å². The predicted molar refractivity (Wildman–Crippen MR) is 312 cm³/mol. The zero-order chi connectivity index (χ0) is 53.3. The fourth-order valence-corrected chi connectivity index (χ4v) is 12.5. The van der Waals surface area contributed by atoms with Crippen LogP contribution in [0.2, 0.25) is 0 Å². The molecule has 11 nitrogen and oxygen atoms in total. The lowest BCUT2D eigenvalue weighted by Crippen LogP contribution is -2.47. The van der Waals surface area contributed by atoms with Gasteiger partial charge in [-0.05, 0) is 94.2 Å². The van der Waals surface area contributed by atoms with Crippen LogP contribution in [0.25, 0.3) is 22.5 Å². The van der Waals surface area contributed by atoms with Crippen molar-refractivity contribution in [2.75, 3.05) is 64.5 Å². The van der Waals surface area contributed by atoms with Crippen molar-refractivity contribution in [1.82, 2.24) is 29.7 Å². The summed E-state index contributed by atoms with van der Waals surface area (Å²) in [4.78, 5) is 34.0. The highest BCUT2D eigenvalue weighted by atomic mass is 32.2. The Balaban J connectivity index is 0.700. The number of nitrogens with zero attached hydrogens (tertiary/aromatic N) is 4. The molecular formula is C62H87FN8O3S. The number of carbonyl (C=O) groups is 2. The van der Waals surface area contributed by atoms with Gasteiger partial charge in [-0.3, -0.25) is 9.59 Å². The molecule has 2 fully saturated rings. The van der Waals surface area contributed by atoms with Crippen molar-refractivity contribution < 1.29 is 18.7 Å². The van der Waals surface area contributed by atoms with Crippen LogP contribution in [-0.4, -0.2) is 108 Å². The van der Waals surface area contributed by atoms with Crippen molar-refractivity contribution >= 4 is 47.0 Å². The van der Waals surface area contributed by atoms with Gasteiger partial charge in [-0.2, -0.15) is 0 Å². The first-order valence-electron chi connectivity index (χ1n) is 28.1. The van der Waals surface area contributed by atoms with Gasteiger partial charge in [0.2, 0.25) is 5.91 Å². The van der Waals surface area contributed by atoms with Crippen LogP contribution < -0.4 is 21.7 Å². The van der Waals surface area contributed by atoms with Crippen LogP contribution in [0.1, 0.15) is 155 Å². The second-order valence-electron chi connectivity index (χ2n) is 21.6. The van der Waals surface area contributed by atoms with Gasteiger partial charge in [-0.1, -0.05) is 145 Å². The fraction of sp³-hybridized carbons (Fsp3) is 0.532. The van der Waals surface area contributed by atoms with Gasteiger partial charge in [0.1, 0.15) is 12.0 Å². The van der Waals surface area contributed by atoms with Crippen molar-refractivity contribution in [3.63, 3.8) is 0 Å². The molecule has 0 saturated carbocycles. The summed E-state index contributed by atoms with van der Waals surface area (Å²) in [5, 5.41) is 10.2. The number of piperidine rings is 2. The topological polar surface area (TPSA) is 128 Å². The number of nitrogens with one attached hydrogen (secondary N) is 3. The minimum absolute atomic E-state index is 0.00594. The molecule has 4 heterocycles. The van der Waals surface area contributed by atoms with E-state index in [-0.39, 0.29) is 23.2 Å². The number of aromatic nitrogens is 1. The number of benzene rings is 2. The number of likely N-dealkylation sites (N-methyl/N-ethyl adjacent to an activating group) is 2. The third kappa shape index (κ3) is 15.4. The molecular weight excluding hydrogens is 956 g/mol. The largest absolute Gasteiger partial charge is 0.385 e. The Labute approximate surface area is 453 Å². The monoisotopic (exact) mass is 1040 g/mol. The normalized spacial score (nSPS) is 21.6. The number of likely N-dealkylation sites (tertiary alicyclic amines) is 1. The number of alkyl halides is 1. The Bertz CT molecular complexity index is 2500. The molecule has 406 valence electrons. The highest BCUT2D eigenvalue weighted by Crippen LogP contribution is 2.43. The summed E-state index contributed by atoms with van der Waals surface area (Å²) in [5.41, 5.74) is 16.7. The number of nitrogen functional groups attached to an aromatic ring is 1. The van der Waals surface area contributed by atoms with E-state index in [0.717, 1.165) is 127 Å². The Kier molecular flexibility index (Phi) is 21.5. The first-order chi connectivity index (χ1) is 36.3. The second-order valence-corrected chi connectivity index (χ2v) is 23.0. The van der Waals surface area contributed by atoms with Crippen LogP contribution in [0.5, 0.6) is 0 Å². The van der Waals surface area contributed by atoms with E-state index in [1.807, 2.05) is 55.3 Å². The third-order valence-corrected chi connectivity index (χ3v) is 17.4. The highest BCUT2D eigenvalue weighted by molar-refractivity contribution is 7.97. The van der Waals surface area contributed by atoms with Crippen molar-refractivity contribution in [3.8, 4) is 11.1 Å². The number of fused-ring (bicyclic) bond motifs is 1. The Morgan fingerprint density at radius 3 is 2.43 bits per heavy atom. The number of nitrogens with two attached hydrogens (primary N) is 1. The van der Waals surface area contributed by atoms with Gasteiger partial charge in [-0.25, -0.2) is 13.7 Å². The summed E-state index contributed by atoms with van der Waals surface area (Å²) in [6.07, 6.45) is 25.9. The summed E-state index contributed by atoms with van der Waals surface area (Å²) < 4.78 is 24.5. The molecule has 13 heteroatoms. The van der Waals surface area contributed by atoms with Gasteiger partial charge < -0.3 is 36.2 Å². The number of amides is 1. The molecule has 1 aromatic heterocycles. The lowest BCUT2D eigenvalue weighted by Gasteiger charge is -2.40. The van der Waals surface area contributed by atoms with Crippen molar-refractivity contribution in [2.24, 2.45) is 0 Å². The number of allylic oxidation sites excluding steroid dienone is 2. The molecule has 0 bridgehead atoms. The zero-order valence-electron chi connectivity index (χ0n) is 45.5. The standard InChI is InChI=1S/C62H87FN8O3S/c1-44-25-28-57(46(3)68-44)69(6)47(4)60-50(43-72)22-20-24-56(60)66-33-18-16-14-12-10-8-9-11-13-15-17-19-36-74-37-31-59(73)71-35-21-23-52(42-71)70(7)75-53-29-32-62(5,58(63)40-53)51-39-55(61(64)67-41-51)48-26-27-54-45(2)65-34-30-49(54)38-48/h20,22,24,26-27,29,32,38-39,41,43,52-53,57-58,65-66,68H,1-4,8-19,21,23,25,28,30-31,33-37,40,42H2,5-7H3,(H2,64,67)/t52?,53?,57?,58?,62-/m0/s1. The smallest absolute Gasteiger partial charge is 0.224 e. The number of rotatable bonds is 28. The Morgan fingerprint density at radius 2 is 1.71 bits per heavy atom. The molecule has 4 aliphatic rings. The average Bonchev–Trinajstić information content (AvgIpc) is 3.41. The van der Waals surface area contributed by atoms with E-state index in [0.29, 0.717) is 44.0 Å². The maximum Gasteiger partial charge on any atom is 0.224 e. The maximum atomic E-state index is 16.4. The molecule has 3 aromatic rings. The maximum absolute atomic E-state index is 16.4. The van der Waals surface area contributed by atoms with Gasteiger partial charge in [0.15, 0.2) is 6.29 Å². The average molecular weight is 1040 g/mol. The summed E-state index contributed by atoms with van der Waals surface area (Å²) >= 11 is 1.68. The molecule has 2 aromatic carbocycles. The van der Waals surface area contributed by atoms with Gasteiger partial charge in [0, 0.05) is 113 Å². The summed E-state index contributed by atoms with van der Waals surface area (Å²) in [5.74, 6) is 0.598. The number of unbranched alkanes of at least 4 members (excludes halogenated alkanes) is 11. The van der Waals surface area contributed by atoms with Crippen molar-refractivity contribution in [2.45, 2.75) is 158 Å². The number of ether oxygens (including phenoxy) is 1. The van der Waals surface area contributed by atoms with Gasteiger partial charge in [-0.15, -0.1) is 0 Å². The summed E-state index contributed by atoms with van der Waals surface area (Å²) in [7, 11) is 4.11. The van der Waals surface area contributed by atoms with Gasteiger partial charge in [0.25, 0.3) is 0 Å². The lowest BCUT2D eigenvalue weighted by atomic mass is 9.73. The molecule has 2 saturated heterocycles. The molecule has 1 aliphatic carbocycles. The number of hydrogen-bond acceptors (Lipinski definition) is 11. The van der Waals surface area contributed by atoms with Crippen molar-refractivity contribution in [1.29, 1.82) is 0 Å². The number of hydrogen-bond donors (Lipinski definition) is 4. The van der Waals surface area contributed by atoms with E-state index in [1.165, 1.54) is 69.8 Å². The van der Waals surface area contributed by atoms with Crippen LogP contribution >= 0.6 is 11.9 Å². The SMILES string of the molecule is C=C1CCC(N(C)C(=C)c2c(C=O)cccc2NCCCCCCCCCCCCCCOCCC(=O)N2CCCC(N(C)SC3C=C[C@@](C)(c4cnc(N)c(-c5ccc6c(c5)CCNC6=C)c4)C(F)C3)C2)C(=C)N1. The fourth-order valence-electron chi connectivity index (χ4n) is 11.3. The van der Waals surface area contributed by atoms with E-state index < -0.39 is 11.6 Å². The van der Waals surface area contributed by atoms with Gasteiger partial charge in [0.05, 0.1) is 19.1 Å². The highest BCUT2D eigenvalue weighted by Gasteiger charge is 2.40. The molecule has 75 heavy (non-hydrogen) atoms. The molecule has 0 spiro atoms. The van der Waals surface area contributed by atoms with Gasteiger partial charge >= 0.3 is 0 Å². The number of pyridine rings is 1.